The van der Waals surface area contributed by atoms with Crippen molar-refractivity contribution >= 4 is 22.8 Å². The van der Waals surface area contributed by atoms with Crippen LogP contribution in [-0.2, 0) is 11.8 Å². The fourth-order valence-electron chi connectivity index (χ4n) is 2.59. The highest BCUT2D eigenvalue weighted by molar-refractivity contribution is 6.02. The van der Waals surface area contributed by atoms with Gasteiger partial charge in [-0.25, -0.2) is 0 Å². The Balaban J connectivity index is 2.47. The summed E-state index contributed by atoms with van der Waals surface area (Å²) < 4.78 is 12.3. The second-order valence-corrected chi connectivity index (χ2v) is 5.87. The summed E-state index contributed by atoms with van der Waals surface area (Å²) in [5.74, 6) is -0.918. The fourth-order valence-corrected chi connectivity index (χ4v) is 2.59. The van der Waals surface area contributed by atoms with Crippen LogP contribution in [0.15, 0.2) is 18.2 Å². The van der Waals surface area contributed by atoms with Crippen molar-refractivity contribution in [2.24, 2.45) is 13.0 Å². The van der Waals surface area contributed by atoms with Crippen LogP contribution >= 0.6 is 0 Å². The molecule has 0 aliphatic rings. The maximum Gasteiger partial charge on any atom is 0.268 e. The largest absolute Gasteiger partial charge is 0.548 e. The van der Waals surface area contributed by atoms with E-state index in [1.807, 2.05) is 0 Å². The summed E-state index contributed by atoms with van der Waals surface area (Å²) in [7, 11) is 4.80. The van der Waals surface area contributed by atoms with Crippen molar-refractivity contribution in [1.29, 1.82) is 0 Å². The first-order chi connectivity index (χ1) is 11.3. The fraction of sp³-hybridized carbons (Fsp3) is 0.412. The predicted molar refractivity (Wildman–Crippen MR) is 87.1 cm³/mol. The highest BCUT2D eigenvalue weighted by Crippen LogP contribution is 2.33. The number of nitrogens with one attached hydrogen (secondary N) is 1. The Bertz CT molecular complexity index is 779. The number of aryl methyl sites for hydroxylation is 1. The number of fused-ring (bicyclic) bond motifs is 1. The minimum Gasteiger partial charge on any atom is -0.548 e. The van der Waals surface area contributed by atoms with E-state index in [1.165, 1.54) is 7.11 Å². The van der Waals surface area contributed by atoms with E-state index < -0.39 is 17.9 Å². The summed E-state index contributed by atoms with van der Waals surface area (Å²) in [4.78, 5) is 23.7. The van der Waals surface area contributed by atoms with Gasteiger partial charge >= 0.3 is 0 Å². The molecule has 1 N–H and O–H groups in total. The van der Waals surface area contributed by atoms with Crippen LogP contribution < -0.4 is 19.9 Å². The van der Waals surface area contributed by atoms with Gasteiger partial charge in [-0.15, -0.1) is 0 Å². The molecule has 1 aromatic heterocycles. The normalized spacial score (nSPS) is 12.2. The molecule has 1 atom stereocenters. The number of carboxylic acids is 1. The molecule has 7 heteroatoms. The first kappa shape index (κ1) is 17.7. The molecule has 2 aromatic rings. The van der Waals surface area contributed by atoms with Gasteiger partial charge < -0.3 is 29.3 Å². The van der Waals surface area contributed by atoms with Gasteiger partial charge in [-0.3, -0.25) is 4.79 Å². The van der Waals surface area contributed by atoms with Crippen LogP contribution in [-0.4, -0.2) is 36.7 Å². The van der Waals surface area contributed by atoms with Crippen molar-refractivity contribution < 1.29 is 24.2 Å². The summed E-state index contributed by atoms with van der Waals surface area (Å²) in [6.45, 7) is 3.41. The zero-order chi connectivity index (χ0) is 18.0. The van der Waals surface area contributed by atoms with Crippen LogP contribution in [0.3, 0.4) is 0 Å². The number of carboxylic acid groups (broad SMARTS) is 1. The van der Waals surface area contributed by atoms with E-state index in [-0.39, 0.29) is 5.92 Å². The molecule has 0 aliphatic heterocycles. The van der Waals surface area contributed by atoms with Crippen LogP contribution in [0.25, 0.3) is 10.9 Å². The molecule has 0 aliphatic carbocycles. The predicted octanol–water partition coefficient (Wildman–Crippen LogP) is 0.700. The van der Waals surface area contributed by atoms with Crippen molar-refractivity contribution in [2.75, 3.05) is 14.2 Å². The quantitative estimate of drug-likeness (QED) is 0.840. The number of amides is 1. The molecule has 0 bridgehead atoms. The Morgan fingerprint density at radius 3 is 2.33 bits per heavy atom. The zero-order valence-electron chi connectivity index (χ0n) is 14.4. The zero-order valence-corrected chi connectivity index (χ0v) is 14.4. The van der Waals surface area contributed by atoms with E-state index in [0.717, 1.165) is 10.9 Å². The van der Waals surface area contributed by atoms with Gasteiger partial charge in [0.1, 0.15) is 17.2 Å². The average Bonchev–Trinajstić information content (AvgIpc) is 2.88. The van der Waals surface area contributed by atoms with Gasteiger partial charge in [0.15, 0.2) is 0 Å². The number of methoxy groups -OCH3 is 2. The number of nitrogens with zero attached hydrogens (tertiary/aromatic N) is 1. The van der Waals surface area contributed by atoms with E-state index >= 15 is 0 Å². The molecule has 0 saturated carbocycles. The molecular formula is C17H21N2O5-. The SMILES string of the molecule is COc1cc(OC)c2cc(C(=O)N[C@H](C(=O)[O-])C(C)C)n(C)c2c1. The monoisotopic (exact) mass is 333 g/mol. The van der Waals surface area contributed by atoms with Crippen molar-refractivity contribution in [3.8, 4) is 11.5 Å². The summed E-state index contributed by atoms with van der Waals surface area (Å²) in [5, 5.41) is 14.4. The van der Waals surface area contributed by atoms with E-state index in [9.17, 15) is 14.7 Å². The average molecular weight is 333 g/mol. The second kappa shape index (κ2) is 6.82. The van der Waals surface area contributed by atoms with Crippen molar-refractivity contribution in [1.82, 2.24) is 9.88 Å². The van der Waals surface area contributed by atoms with Gasteiger partial charge in [-0.05, 0) is 12.0 Å². The topological polar surface area (TPSA) is 92.6 Å². The molecule has 0 saturated heterocycles. The van der Waals surface area contributed by atoms with E-state index in [1.54, 1.807) is 50.8 Å². The standard InChI is InChI=1S/C17H22N2O5/c1-9(2)15(17(21)22)18-16(20)13-8-11-12(19(13)3)6-10(23-4)7-14(11)24-5/h6-9,15H,1-5H3,(H,18,20)(H,21,22)/p-1/t15-/m0/s1. The third kappa shape index (κ3) is 3.15. The molecule has 2 rings (SSSR count). The van der Waals surface area contributed by atoms with Crippen LogP contribution in [0.5, 0.6) is 11.5 Å². The van der Waals surface area contributed by atoms with Gasteiger partial charge in [-0.1, -0.05) is 13.8 Å². The smallest absolute Gasteiger partial charge is 0.268 e. The summed E-state index contributed by atoms with van der Waals surface area (Å²) in [6.07, 6.45) is 0. The molecule has 1 heterocycles. The number of rotatable bonds is 6. The first-order valence-corrected chi connectivity index (χ1v) is 7.53. The van der Waals surface area contributed by atoms with Gasteiger partial charge in [-0.2, -0.15) is 0 Å². The van der Waals surface area contributed by atoms with Gasteiger partial charge in [0.05, 0.1) is 31.7 Å². The Labute approximate surface area is 140 Å². The highest BCUT2D eigenvalue weighted by Gasteiger charge is 2.22. The van der Waals surface area contributed by atoms with Crippen LogP contribution in [0, 0.1) is 5.92 Å². The van der Waals surface area contributed by atoms with Crippen molar-refractivity contribution in [2.45, 2.75) is 19.9 Å². The molecule has 0 fully saturated rings. The number of ether oxygens (including phenoxy) is 2. The second-order valence-electron chi connectivity index (χ2n) is 5.87. The third-order valence-electron chi connectivity index (χ3n) is 3.99. The highest BCUT2D eigenvalue weighted by atomic mass is 16.5. The van der Waals surface area contributed by atoms with Crippen LogP contribution in [0.4, 0.5) is 0 Å². The maximum atomic E-state index is 12.5. The minimum absolute atomic E-state index is 0.289. The molecule has 0 unspecified atom stereocenters. The van der Waals surface area contributed by atoms with E-state index in [2.05, 4.69) is 5.32 Å². The number of benzene rings is 1. The van der Waals surface area contributed by atoms with Crippen molar-refractivity contribution in [3.63, 3.8) is 0 Å². The summed E-state index contributed by atoms with van der Waals surface area (Å²) in [6, 6.07) is 4.11. The Hall–Kier alpha value is -2.70. The Morgan fingerprint density at radius 1 is 1.17 bits per heavy atom. The minimum atomic E-state index is -1.31. The lowest BCUT2D eigenvalue weighted by Crippen LogP contribution is -2.51. The molecular weight excluding hydrogens is 312 g/mol. The maximum absolute atomic E-state index is 12.5. The molecule has 24 heavy (non-hydrogen) atoms. The molecule has 1 aromatic carbocycles. The van der Waals surface area contributed by atoms with E-state index in [4.69, 9.17) is 9.47 Å². The number of aliphatic carboxylic acids is 1. The number of aromatic nitrogens is 1. The number of hydrogen-bond acceptors (Lipinski definition) is 5. The number of carbonyl (C=O) groups excluding carboxylic acids is 2. The van der Waals surface area contributed by atoms with Gasteiger partial charge in [0.2, 0.25) is 0 Å². The molecule has 7 nitrogen and oxygen atoms in total. The Morgan fingerprint density at radius 2 is 1.83 bits per heavy atom. The summed E-state index contributed by atoms with van der Waals surface area (Å²) in [5.41, 5.74) is 1.06. The Kier molecular flexibility index (Phi) is 5.02. The molecule has 0 spiro atoms. The molecule has 0 radical (unpaired) electrons. The molecule has 130 valence electrons. The van der Waals surface area contributed by atoms with E-state index in [0.29, 0.717) is 17.2 Å². The van der Waals surface area contributed by atoms with Crippen LogP contribution in [0.1, 0.15) is 24.3 Å². The number of hydrogen-bond donors (Lipinski definition) is 1. The lowest BCUT2D eigenvalue weighted by Gasteiger charge is -2.23. The molecule has 1 amide bonds. The first-order valence-electron chi connectivity index (χ1n) is 7.53. The number of carbonyl (C=O) groups is 2. The lowest BCUT2D eigenvalue weighted by molar-refractivity contribution is -0.309. The lowest BCUT2D eigenvalue weighted by atomic mass is 10.0. The van der Waals surface area contributed by atoms with Gasteiger partial charge in [0.25, 0.3) is 5.91 Å². The summed E-state index contributed by atoms with van der Waals surface area (Å²) >= 11 is 0. The third-order valence-corrected chi connectivity index (χ3v) is 3.99. The van der Waals surface area contributed by atoms with Crippen LogP contribution in [0.2, 0.25) is 0 Å². The van der Waals surface area contributed by atoms with Crippen molar-refractivity contribution in [3.05, 3.63) is 23.9 Å². The van der Waals surface area contributed by atoms with Gasteiger partial charge in [0, 0.05) is 24.6 Å².